The summed E-state index contributed by atoms with van der Waals surface area (Å²) >= 11 is 0. The molecule has 1 aromatic heterocycles. The van der Waals surface area contributed by atoms with E-state index in [2.05, 4.69) is 10.3 Å². The third kappa shape index (κ3) is 2.87. The van der Waals surface area contributed by atoms with Crippen LogP contribution in [0.5, 0.6) is 0 Å². The van der Waals surface area contributed by atoms with E-state index in [-0.39, 0.29) is 5.82 Å². The molecule has 0 saturated carbocycles. The predicted octanol–water partition coefficient (Wildman–Crippen LogP) is 0.643. The zero-order valence-corrected chi connectivity index (χ0v) is 9.41. The van der Waals surface area contributed by atoms with Gasteiger partial charge in [-0.2, -0.15) is 0 Å². The number of nitrogens with one attached hydrogen (secondary N) is 1. The van der Waals surface area contributed by atoms with Gasteiger partial charge in [0.25, 0.3) is 5.92 Å². The van der Waals surface area contributed by atoms with Crippen molar-refractivity contribution < 1.29 is 13.7 Å². The Labute approximate surface area is 95.8 Å². The van der Waals surface area contributed by atoms with Crippen molar-refractivity contribution in [1.82, 2.24) is 9.55 Å². The monoisotopic (exact) mass is 249 g/mol. The molecule has 0 aliphatic rings. The van der Waals surface area contributed by atoms with Gasteiger partial charge in [0.05, 0.1) is 13.1 Å². The van der Waals surface area contributed by atoms with Crippen molar-refractivity contribution in [3.8, 4) is 0 Å². The topological polar surface area (TPSA) is 99.0 Å². The van der Waals surface area contributed by atoms with Crippen molar-refractivity contribution in [2.45, 2.75) is 12.8 Å². The van der Waals surface area contributed by atoms with Crippen LogP contribution in [0.15, 0.2) is 0 Å². The Morgan fingerprint density at radius 2 is 2.24 bits per heavy atom. The molecule has 0 aliphatic carbocycles. The maximum absolute atomic E-state index is 12.9. The highest BCUT2D eigenvalue weighted by Gasteiger charge is 2.30. The first kappa shape index (κ1) is 13.3. The van der Waals surface area contributed by atoms with E-state index in [1.165, 1.54) is 11.6 Å². The largest absolute Gasteiger partial charge is 0.406 e. The number of aryl methyl sites for hydroxylation is 1. The van der Waals surface area contributed by atoms with Crippen LogP contribution in [-0.4, -0.2) is 33.5 Å². The van der Waals surface area contributed by atoms with E-state index in [1.807, 2.05) is 0 Å². The van der Waals surface area contributed by atoms with E-state index in [1.54, 1.807) is 6.92 Å². The molecule has 0 spiro atoms. The molecule has 0 fully saturated rings. The maximum Gasteiger partial charge on any atom is 0.406 e. The van der Waals surface area contributed by atoms with Crippen molar-refractivity contribution in [2.75, 3.05) is 18.4 Å². The fourth-order valence-electron chi connectivity index (χ4n) is 1.20. The second kappa shape index (κ2) is 4.62. The molecule has 0 aromatic carbocycles. The number of imidazole rings is 1. The van der Waals surface area contributed by atoms with Gasteiger partial charge in [0.1, 0.15) is 0 Å². The number of rotatable bonds is 5. The molecule has 9 heteroatoms. The molecule has 1 aromatic rings. The molecular formula is C8H13F2N5O2. The van der Waals surface area contributed by atoms with Crippen molar-refractivity contribution in [3.05, 3.63) is 15.9 Å². The summed E-state index contributed by atoms with van der Waals surface area (Å²) in [6.07, 6.45) is 0. The molecule has 3 N–H and O–H groups in total. The molecule has 0 bridgehead atoms. The van der Waals surface area contributed by atoms with E-state index in [0.717, 1.165) is 0 Å². The van der Waals surface area contributed by atoms with Gasteiger partial charge in [0.15, 0.2) is 0 Å². The number of nitrogens with zero attached hydrogens (tertiary/aromatic N) is 3. The summed E-state index contributed by atoms with van der Waals surface area (Å²) in [6, 6.07) is 0. The van der Waals surface area contributed by atoms with Crippen molar-refractivity contribution >= 4 is 11.6 Å². The number of nitro groups is 1. The summed E-state index contributed by atoms with van der Waals surface area (Å²) in [6.45, 7) is -0.0623. The average molecular weight is 249 g/mol. The summed E-state index contributed by atoms with van der Waals surface area (Å²) in [4.78, 5) is 13.6. The van der Waals surface area contributed by atoms with Crippen LogP contribution >= 0.6 is 0 Å². The van der Waals surface area contributed by atoms with E-state index >= 15 is 0 Å². The van der Waals surface area contributed by atoms with Crippen LogP contribution in [-0.2, 0) is 7.05 Å². The first-order chi connectivity index (χ1) is 7.78. The minimum atomic E-state index is -3.12. The van der Waals surface area contributed by atoms with E-state index in [0.29, 0.717) is 5.82 Å². The second-order valence-electron chi connectivity index (χ2n) is 3.56. The highest BCUT2D eigenvalue weighted by molar-refractivity contribution is 5.53. The summed E-state index contributed by atoms with van der Waals surface area (Å²) < 4.78 is 27.2. The molecule has 0 radical (unpaired) electrons. The molecule has 0 unspecified atom stereocenters. The molecule has 1 rings (SSSR count). The molecule has 96 valence electrons. The number of nitrogens with two attached hydrogens (primary N) is 1. The zero-order chi connectivity index (χ0) is 13.2. The fraction of sp³-hybridized carbons (Fsp3) is 0.625. The summed E-state index contributed by atoms with van der Waals surface area (Å²) in [5, 5.41) is 13.0. The first-order valence-electron chi connectivity index (χ1n) is 4.78. The number of hydrogen-bond acceptors (Lipinski definition) is 5. The molecule has 0 aliphatic heterocycles. The minimum Gasteiger partial charge on any atom is -0.358 e. The number of hydrogen-bond donors (Lipinski definition) is 2. The highest BCUT2D eigenvalue weighted by atomic mass is 19.3. The van der Waals surface area contributed by atoms with Crippen LogP contribution in [0.1, 0.15) is 5.82 Å². The van der Waals surface area contributed by atoms with Crippen LogP contribution in [0.4, 0.5) is 20.4 Å². The van der Waals surface area contributed by atoms with Gasteiger partial charge in [-0.05, 0) is 9.91 Å². The lowest BCUT2D eigenvalue weighted by atomic mass is 10.3. The van der Waals surface area contributed by atoms with Crippen molar-refractivity contribution in [1.29, 1.82) is 0 Å². The smallest absolute Gasteiger partial charge is 0.358 e. The Kier molecular flexibility index (Phi) is 3.61. The minimum absolute atomic E-state index is 0.0550. The number of alkyl halides is 2. The molecule has 0 saturated heterocycles. The molecule has 17 heavy (non-hydrogen) atoms. The third-order valence-electron chi connectivity index (χ3n) is 2.29. The van der Waals surface area contributed by atoms with Gasteiger partial charge in [-0.3, -0.25) is 4.57 Å². The molecule has 1 heterocycles. The fourth-order valence-corrected chi connectivity index (χ4v) is 1.20. The quantitative estimate of drug-likeness (QED) is 0.589. The lowest BCUT2D eigenvalue weighted by Gasteiger charge is -2.15. The van der Waals surface area contributed by atoms with Crippen LogP contribution in [0.2, 0.25) is 0 Å². The third-order valence-corrected chi connectivity index (χ3v) is 2.29. The number of anilines is 1. The van der Waals surface area contributed by atoms with Crippen molar-refractivity contribution in [2.24, 2.45) is 12.8 Å². The van der Waals surface area contributed by atoms with Gasteiger partial charge in [0.2, 0.25) is 11.6 Å². The highest BCUT2D eigenvalue weighted by Crippen LogP contribution is 2.24. The molecule has 0 amide bonds. The molecule has 7 nitrogen and oxygen atoms in total. The van der Waals surface area contributed by atoms with E-state index in [9.17, 15) is 18.9 Å². The van der Waals surface area contributed by atoms with E-state index < -0.39 is 29.8 Å². The number of aromatic nitrogens is 2. The Balaban J connectivity index is 2.94. The zero-order valence-electron chi connectivity index (χ0n) is 9.41. The van der Waals surface area contributed by atoms with Gasteiger partial charge < -0.3 is 21.2 Å². The Hall–Kier alpha value is -1.77. The molecule has 0 atom stereocenters. The Morgan fingerprint density at radius 3 is 2.71 bits per heavy atom. The summed E-state index contributed by atoms with van der Waals surface area (Å²) in [5.41, 5.74) is 4.87. The summed E-state index contributed by atoms with van der Waals surface area (Å²) in [7, 11) is 1.50. The normalized spacial score (nSPS) is 11.6. The second-order valence-corrected chi connectivity index (χ2v) is 3.56. The SMILES string of the molecule is Cc1nc([N+](=O)[O-])c(NCC(F)(F)CN)n1C. The number of halogens is 2. The van der Waals surface area contributed by atoms with Crippen LogP contribution in [0, 0.1) is 17.0 Å². The maximum atomic E-state index is 12.9. The van der Waals surface area contributed by atoms with Gasteiger partial charge in [0, 0.05) is 14.0 Å². The lowest BCUT2D eigenvalue weighted by Crippen LogP contribution is -2.35. The van der Waals surface area contributed by atoms with E-state index in [4.69, 9.17) is 5.73 Å². The van der Waals surface area contributed by atoms with Gasteiger partial charge >= 0.3 is 5.82 Å². The Bertz CT molecular complexity index is 432. The van der Waals surface area contributed by atoms with Gasteiger partial charge in [-0.25, -0.2) is 8.78 Å². The van der Waals surface area contributed by atoms with Gasteiger partial charge in [-0.1, -0.05) is 0 Å². The lowest BCUT2D eigenvalue weighted by molar-refractivity contribution is -0.388. The molecular weight excluding hydrogens is 236 g/mol. The predicted molar refractivity (Wildman–Crippen MR) is 57.1 cm³/mol. The summed E-state index contributed by atoms with van der Waals surface area (Å²) in [5.74, 6) is -3.29. The Morgan fingerprint density at radius 1 is 1.65 bits per heavy atom. The van der Waals surface area contributed by atoms with Crippen LogP contribution in [0.3, 0.4) is 0 Å². The first-order valence-corrected chi connectivity index (χ1v) is 4.78. The van der Waals surface area contributed by atoms with Crippen LogP contribution < -0.4 is 11.1 Å². The van der Waals surface area contributed by atoms with Crippen LogP contribution in [0.25, 0.3) is 0 Å². The van der Waals surface area contributed by atoms with Gasteiger partial charge in [-0.15, -0.1) is 0 Å². The standard InChI is InChI=1S/C8H13F2N5O2/c1-5-13-7(15(16)17)6(14(5)2)12-4-8(9,10)3-11/h12H,3-4,11H2,1-2H3. The average Bonchev–Trinajstić information content (AvgIpc) is 2.53. The van der Waals surface area contributed by atoms with Crippen molar-refractivity contribution in [3.63, 3.8) is 0 Å².